The maximum Gasteiger partial charge on any atom is 0.247 e. The van der Waals surface area contributed by atoms with Gasteiger partial charge in [-0.2, -0.15) is 0 Å². The summed E-state index contributed by atoms with van der Waals surface area (Å²) >= 11 is 1.47. The van der Waals surface area contributed by atoms with Crippen LogP contribution in [0.2, 0.25) is 0 Å². The van der Waals surface area contributed by atoms with Crippen molar-refractivity contribution in [3.63, 3.8) is 0 Å². The van der Waals surface area contributed by atoms with Crippen LogP contribution in [0, 0.1) is 11.2 Å². The largest absolute Gasteiger partial charge is 0.453 e. The molecule has 2 amide bonds. The van der Waals surface area contributed by atoms with Crippen molar-refractivity contribution >= 4 is 44.7 Å². The molecule has 0 bridgehead atoms. The second kappa shape index (κ2) is 11.0. The zero-order chi connectivity index (χ0) is 29.4. The Hall–Kier alpha value is -4.61. The zero-order valence-corrected chi connectivity index (χ0v) is 24.0. The van der Waals surface area contributed by atoms with E-state index in [1.165, 1.54) is 28.4 Å². The summed E-state index contributed by atoms with van der Waals surface area (Å²) in [6.07, 6.45) is 6.15. The highest BCUT2D eigenvalue weighted by atomic mass is 32.1. The van der Waals surface area contributed by atoms with Crippen molar-refractivity contribution in [3.8, 4) is 22.1 Å². The SMILES string of the molecule is CN(C)CCn1cnc(-c2cc3nccc(Oc4ccc(N(C(=O)C5(C(N)=O)CC5)c5ccccc5)cc4F)c3s2)c1. The van der Waals surface area contributed by atoms with Crippen LogP contribution in [0.1, 0.15) is 12.8 Å². The molecule has 0 radical (unpaired) electrons. The molecule has 0 spiro atoms. The summed E-state index contributed by atoms with van der Waals surface area (Å²) in [7, 11) is 4.05. The van der Waals surface area contributed by atoms with Crippen molar-refractivity contribution in [2.75, 3.05) is 25.5 Å². The molecule has 1 saturated carbocycles. The maximum absolute atomic E-state index is 15.6. The minimum absolute atomic E-state index is 0.00865. The van der Waals surface area contributed by atoms with Crippen molar-refractivity contribution in [2.24, 2.45) is 11.1 Å². The number of hydrogen-bond acceptors (Lipinski definition) is 7. The van der Waals surface area contributed by atoms with Crippen molar-refractivity contribution < 1.29 is 18.7 Å². The van der Waals surface area contributed by atoms with Gasteiger partial charge in [0.15, 0.2) is 11.6 Å². The summed E-state index contributed by atoms with van der Waals surface area (Å²) in [5.74, 6) is -1.36. The molecule has 11 heteroatoms. The van der Waals surface area contributed by atoms with Crippen molar-refractivity contribution in [1.29, 1.82) is 0 Å². The molecule has 1 aliphatic carbocycles. The number of para-hydroxylation sites is 1. The Morgan fingerprint density at radius 3 is 2.52 bits per heavy atom. The average Bonchev–Trinajstić information content (AvgIpc) is 3.46. The molecule has 5 aromatic rings. The number of carbonyl (C=O) groups is 2. The Bertz CT molecular complexity index is 1780. The predicted octanol–water partition coefficient (Wildman–Crippen LogP) is 5.58. The number of halogens is 1. The monoisotopic (exact) mass is 584 g/mol. The van der Waals surface area contributed by atoms with Crippen LogP contribution in [0.4, 0.5) is 15.8 Å². The van der Waals surface area contributed by atoms with E-state index in [0.717, 1.165) is 33.9 Å². The maximum atomic E-state index is 15.6. The first-order chi connectivity index (χ1) is 20.2. The number of carbonyl (C=O) groups excluding carboxylic acids is 2. The van der Waals surface area contributed by atoms with Crippen LogP contribution in [0.3, 0.4) is 0 Å². The second-order valence-electron chi connectivity index (χ2n) is 10.6. The van der Waals surface area contributed by atoms with Crippen molar-refractivity contribution in [2.45, 2.75) is 19.4 Å². The van der Waals surface area contributed by atoms with Crippen LogP contribution in [0.15, 0.2) is 79.4 Å². The van der Waals surface area contributed by atoms with Gasteiger partial charge in [-0.05, 0) is 57.3 Å². The fraction of sp³-hybridized carbons (Fsp3) is 0.226. The lowest BCUT2D eigenvalue weighted by atomic mass is 10.0. The van der Waals surface area contributed by atoms with Crippen LogP contribution in [0.5, 0.6) is 11.5 Å². The number of fused-ring (bicyclic) bond motifs is 1. The Labute approximate surface area is 246 Å². The third kappa shape index (κ3) is 5.24. The van der Waals surface area contributed by atoms with Gasteiger partial charge in [0.05, 0.1) is 32.8 Å². The van der Waals surface area contributed by atoms with E-state index < -0.39 is 23.0 Å². The second-order valence-corrected chi connectivity index (χ2v) is 11.6. The first-order valence-corrected chi connectivity index (χ1v) is 14.3. The van der Waals surface area contributed by atoms with E-state index in [-0.39, 0.29) is 11.4 Å². The lowest BCUT2D eigenvalue weighted by molar-refractivity contribution is -0.133. The lowest BCUT2D eigenvalue weighted by Gasteiger charge is -2.26. The number of thiophene rings is 1. The van der Waals surface area contributed by atoms with Crippen LogP contribution < -0.4 is 15.4 Å². The standard InChI is InChI=1S/C31H29FN6O3S/c1-36(2)14-15-37-18-24(35-19-37)27-17-23-28(42-27)26(10-13-34-23)41-25-9-8-21(16-22(25)32)38(20-6-4-3-5-7-20)30(40)31(11-12-31)29(33)39/h3-10,13,16-19H,11-12,14-15H2,1-2H3,(H2,33,39). The minimum Gasteiger partial charge on any atom is -0.453 e. The smallest absolute Gasteiger partial charge is 0.247 e. The Kier molecular flexibility index (Phi) is 7.21. The number of hydrogen-bond donors (Lipinski definition) is 1. The average molecular weight is 585 g/mol. The van der Waals surface area contributed by atoms with Gasteiger partial charge in [0.25, 0.3) is 0 Å². The number of nitrogens with two attached hydrogens (primary N) is 1. The molecule has 3 heterocycles. The third-order valence-corrected chi connectivity index (χ3v) is 8.47. The number of anilines is 2. The summed E-state index contributed by atoms with van der Waals surface area (Å²) in [6, 6.07) is 16.7. The van der Waals surface area contributed by atoms with Gasteiger partial charge >= 0.3 is 0 Å². The fourth-order valence-electron chi connectivity index (χ4n) is 4.74. The van der Waals surface area contributed by atoms with Crippen molar-refractivity contribution in [1.82, 2.24) is 19.4 Å². The number of amides is 2. The summed E-state index contributed by atoms with van der Waals surface area (Å²) in [5, 5.41) is 0. The number of aromatic nitrogens is 3. The molecule has 2 N–H and O–H groups in total. The first kappa shape index (κ1) is 27.6. The van der Waals surface area contributed by atoms with Gasteiger partial charge in [-0.15, -0.1) is 11.3 Å². The highest BCUT2D eigenvalue weighted by molar-refractivity contribution is 7.22. The molecule has 9 nitrogen and oxygen atoms in total. The molecule has 214 valence electrons. The van der Waals surface area contributed by atoms with Gasteiger partial charge in [0, 0.05) is 43.3 Å². The topological polar surface area (TPSA) is 107 Å². The summed E-state index contributed by atoms with van der Waals surface area (Å²) in [5.41, 5.74) is 6.63. The number of nitrogens with zero attached hydrogens (tertiary/aromatic N) is 5. The van der Waals surface area contributed by atoms with Gasteiger partial charge < -0.3 is 19.9 Å². The molecule has 1 aliphatic rings. The lowest BCUT2D eigenvalue weighted by Crippen LogP contribution is -2.41. The first-order valence-electron chi connectivity index (χ1n) is 13.5. The molecule has 42 heavy (non-hydrogen) atoms. The molecule has 1 fully saturated rings. The molecular weight excluding hydrogens is 555 g/mol. The molecule has 2 aromatic carbocycles. The van der Waals surface area contributed by atoms with E-state index in [9.17, 15) is 9.59 Å². The number of primary amides is 1. The van der Waals surface area contributed by atoms with E-state index >= 15 is 4.39 Å². The Balaban J connectivity index is 1.28. The quantitative estimate of drug-likeness (QED) is 0.215. The third-order valence-electron chi connectivity index (χ3n) is 7.31. The summed E-state index contributed by atoms with van der Waals surface area (Å²) in [4.78, 5) is 39.1. The van der Waals surface area contributed by atoms with Gasteiger partial charge in [-0.1, -0.05) is 18.2 Å². The van der Waals surface area contributed by atoms with E-state index in [2.05, 4.69) is 14.9 Å². The van der Waals surface area contributed by atoms with Gasteiger partial charge in [0.1, 0.15) is 11.2 Å². The number of rotatable bonds is 10. The predicted molar refractivity (Wildman–Crippen MR) is 160 cm³/mol. The number of pyridine rings is 1. The summed E-state index contributed by atoms with van der Waals surface area (Å²) in [6.45, 7) is 1.72. The summed E-state index contributed by atoms with van der Waals surface area (Å²) < 4.78 is 24.4. The fourth-order valence-corrected chi connectivity index (χ4v) is 5.77. The molecule has 0 atom stereocenters. The Morgan fingerprint density at radius 1 is 1.05 bits per heavy atom. The Morgan fingerprint density at radius 2 is 1.83 bits per heavy atom. The van der Waals surface area contributed by atoms with E-state index in [1.807, 2.05) is 43.3 Å². The van der Waals surface area contributed by atoms with E-state index in [0.29, 0.717) is 24.3 Å². The van der Waals surface area contributed by atoms with Gasteiger partial charge in [-0.25, -0.2) is 9.37 Å². The number of benzene rings is 2. The van der Waals surface area contributed by atoms with Gasteiger partial charge in [-0.3, -0.25) is 19.5 Å². The number of ether oxygens (including phenoxy) is 1. The molecule has 3 aromatic heterocycles. The normalized spacial score (nSPS) is 13.8. The molecule has 6 rings (SSSR count). The minimum atomic E-state index is -1.27. The van der Waals surface area contributed by atoms with Crippen LogP contribution >= 0.6 is 11.3 Å². The van der Waals surface area contributed by atoms with Gasteiger partial charge in [0.2, 0.25) is 11.8 Å². The van der Waals surface area contributed by atoms with Crippen LogP contribution in [-0.4, -0.2) is 51.9 Å². The van der Waals surface area contributed by atoms with Crippen molar-refractivity contribution in [3.05, 3.63) is 85.2 Å². The van der Waals surface area contributed by atoms with Crippen LogP contribution in [-0.2, 0) is 16.1 Å². The molecule has 0 aliphatic heterocycles. The van der Waals surface area contributed by atoms with E-state index in [4.69, 9.17) is 10.5 Å². The molecular formula is C31H29FN6O3S. The highest BCUT2D eigenvalue weighted by Crippen LogP contribution is 2.49. The van der Waals surface area contributed by atoms with Crippen LogP contribution in [0.25, 0.3) is 20.8 Å². The number of likely N-dealkylation sites (N-methyl/N-ethyl adjacent to an activating group) is 1. The highest BCUT2D eigenvalue weighted by Gasteiger charge is 2.57. The molecule has 0 saturated heterocycles. The molecule has 0 unspecified atom stereocenters. The number of imidazole rings is 1. The zero-order valence-electron chi connectivity index (χ0n) is 23.2. The van der Waals surface area contributed by atoms with E-state index in [1.54, 1.807) is 42.6 Å².